The van der Waals surface area contributed by atoms with Crippen molar-refractivity contribution in [2.24, 2.45) is 5.92 Å². The quantitative estimate of drug-likeness (QED) is 0.831. The first-order valence-corrected chi connectivity index (χ1v) is 4.59. The van der Waals surface area contributed by atoms with E-state index in [-0.39, 0.29) is 6.42 Å². The Labute approximate surface area is 87.5 Å². The van der Waals surface area contributed by atoms with Crippen molar-refractivity contribution in [3.63, 3.8) is 0 Å². The Hall–Kier alpha value is -1.58. The van der Waals surface area contributed by atoms with Gasteiger partial charge < -0.3 is 9.84 Å². The van der Waals surface area contributed by atoms with Crippen molar-refractivity contribution in [1.29, 1.82) is 0 Å². The molecule has 1 atom stereocenters. The molecule has 1 aromatic rings. The Morgan fingerprint density at radius 2 is 2.27 bits per heavy atom. The van der Waals surface area contributed by atoms with Crippen molar-refractivity contribution in [2.75, 3.05) is 7.11 Å². The summed E-state index contributed by atoms with van der Waals surface area (Å²) in [6.45, 7) is 1.54. The predicted octanol–water partition coefficient (Wildman–Crippen LogP) is 2.10. The summed E-state index contributed by atoms with van der Waals surface area (Å²) in [5.41, 5.74) is 0.365. The Morgan fingerprint density at radius 3 is 2.80 bits per heavy atom. The maximum absolute atomic E-state index is 13.3. The van der Waals surface area contributed by atoms with Crippen LogP contribution in [0.1, 0.15) is 12.5 Å². The van der Waals surface area contributed by atoms with Gasteiger partial charge in [-0.05, 0) is 30.2 Å². The lowest BCUT2D eigenvalue weighted by atomic mass is 10.0. The number of carboxylic acids is 1. The molecular weight excluding hydrogens is 199 g/mol. The summed E-state index contributed by atoms with van der Waals surface area (Å²) in [6, 6.07) is 4.31. The lowest BCUT2D eigenvalue weighted by molar-refractivity contribution is -0.141. The van der Waals surface area contributed by atoms with Gasteiger partial charge >= 0.3 is 5.97 Å². The molecule has 1 N–H and O–H groups in total. The first-order valence-electron chi connectivity index (χ1n) is 4.59. The second-order valence-corrected chi connectivity index (χ2v) is 3.40. The molecule has 0 saturated heterocycles. The van der Waals surface area contributed by atoms with Gasteiger partial charge in [0.05, 0.1) is 13.0 Å². The molecule has 0 radical (unpaired) electrons. The minimum absolute atomic E-state index is 0.165. The standard InChI is InChI=1S/C11H13FO3/c1-7(11(13)14)5-8-6-9(15-2)3-4-10(8)12/h3-4,6-7H,5H2,1-2H3,(H,13,14). The zero-order valence-corrected chi connectivity index (χ0v) is 8.66. The van der Waals surface area contributed by atoms with Crippen molar-refractivity contribution in [1.82, 2.24) is 0 Å². The molecule has 0 aliphatic heterocycles. The third kappa shape index (κ3) is 2.94. The van der Waals surface area contributed by atoms with E-state index in [4.69, 9.17) is 9.84 Å². The van der Waals surface area contributed by atoms with Crippen molar-refractivity contribution in [3.05, 3.63) is 29.6 Å². The minimum Gasteiger partial charge on any atom is -0.497 e. The molecule has 4 heteroatoms. The molecular formula is C11H13FO3. The van der Waals surface area contributed by atoms with Crippen LogP contribution in [0.4, 0.5) is 4.39 Å². The second-order valence-electron chi connectivity index (χ2n) is 3.40. The van der Waals surface area contributed by atoms with Crippen LogP contribution in [0.15, 0.2) is 18.2 Å². The third-order valence-electron chi connectivity index (χ3n) is 2.20. The highest BCUT2D eigenvalue weighted by Gasteiger charge is 2.14. The maximum Gasteiger partial charge on any atom is 0.306 e. The van der Waals surface area contributed by atoms with Crippen LogP contribution in [0.3, 0.4) is 0 Å². The lowest BCUT2D eigenvalue weighted by Crippen LogP contribution is -2.13. The first kappa shape index (κ1) is 11.5. The smallest absolute Gasteiger partial charge is 0.306 e. The van der Waals surface area contributed by atoms with Crippen LogP contribution >= 0.6 is 0 Å². The molecule has 0 saturated carbocycles. The summed E-state index contributed by atoms with van der Waals surface area (Å²) >= 11 is 0. The van der Waals surface area contributed by atoms with Gasteiger partial charge in [-0.15, -0.1) is 0 Å². The van der Waals surface area contributed by atoms with E-state index in [0.29, 0.717) is 11.3 Å². The van der Waals surface area contributed by atoms with Gasteiger partial charge in [-0.1, -0.05) is 6.92 Å². The predicted molar refractivity (Wildman–Crippen MR) is 53.5 cm³/mol. The number of aliphatic carboxylic acids is 1. The zero-order valence-electron chi connectivity index (χ0n) is 8.66. The number of halogens is 1. The monoisotopic (exact) mass is 212 g/mol. The number of ether oxygens (including phenoxy) is 1. The normalized spacial score (nSPS) is 12.2. The van der Waals surface area contributed by atoms with Crippen molar-refractivity contribution >= 4 is 5.97 Å². The summed E-state index contributed by atoms with van der Waals surface area (Å²) in [5.74, 6) is -1.41. The molecule has 0 aliphatic carbocycles. The SMILES string of the molecule is COc1ccc(F)c(CC(C)C(=O)O)c1. The topological polar surface area (TPSA) is 46.5 Å². The first-order chi connectivity index (χ1) is 7.04. The van der Waals surface area contributed by atoms with Crippen LogP contribution in [0, 0.1) is 11.7 Å². The Kier molecular flexibility index (Phi) is 3.66. The lowest BCUT2D eigenvalue weighted by Gasteiger charge is -2.08. The van der Waals surface area contributed by atoms with Crippen molar-refractivity contribution in [2.45, 2.75) is 13.3 Å². The minimum atomic E-state index is -0.933. The number of methoxy groups -OCH3 is 1. The molecule has 0 amide bonds. The van der Waals surface area contributed by atoms with Crippen LogP contribution in [0.2, 0.25) is 0 Å². The average Bonchev–Trinajstić information content (AvgIpc) is 2.21. The van der Waals surface area contributed by atoms with Crippen LogP contribution in [-0.2, 0) is 11.2 Å². The van der Waals surface area contributed by atoms with Crippen LogP contribution in [0.25, 0.3) is 0 Å². The van der Waals surface area contributed by atoms with E-state index in [0.717, 1.165) is 0 Å². The number of hydrogen-bond donors (Lipinski definition) is 1. The Morgan fingerprint density at radius 1 is 1.60 bits per heavy atom. The van der Waals surface area contributed by atoms with Gasteiger partial charge in [-0.25, -0.2) is 4.39 Å². The fourth-order valence-corrected chi connectivity index (χ4v) is 1.25. The molecule has 1 aromatic carbocycles. The van der Waals surface area contributed by atoms with E-state index in [9.17, 15) is 9.18 Å². The summed E-state index contributed by atoms with van der Waals surface area (Å²) in [7, 11) is 1.48. The number of benzene rings is 1. The largest absolute Gasteiger partial charge is 0.497 e. The van der Waals surface area contributed by atoms with Gasteiger partial charge in [0.25, 0.3) is 0 Å². The highest BCUT2D eigenvalue weighted by atomic mass is 19.1. The molecule has 0 bridgehead atoms. The highest BCUT2D eigenvalue weighted by molar-refractivity contribution is 5.69. The molecule has 0 spiro atoms. The number of hydrogen-bond acceptors (Lipinski definition) is 2. The Balaban J connectivity index is 2.88. The molecule has 0 heterocycles. The van der Waals surface area contributed by atoms with Gasteiger partial charge in [0, 0.05) is 0 Å². The van der Waals surface area contributed by atoms with Crippen LogP contribution < -0.4 is 4.74 Å². The van der Waals surface area contributed by atoms with E-state index in [1.807, 2.05) is 0 Å². The summed E-state index contributed by atoms with van der Waals surface area (Å²) < 4.78 is 18.2. The maximum atomic E-state index is 13.3. The number of rotatable bonds is 4. The molecule has 1 rings (SSSR count). The molecule has 1 unspecified atom stereocenters. The van der Waals surface area contributed by atoms with Crippen molar-refractivity contribution < 1.29 is 19.0 Å². The molecule has 3 nitrogen and oxygen atoms in total. The summed E-state index contributed by atoms with van der Waals surface area (Å²) in [5, 5.41) is 8.71. The van der Waals surface area contributed by atoms with Crippen LogP contribution in [0.5, 0.6) is 5.75 Å². The van der Waals surface area contributed by atoms with Gasteiger partial charge in [-0.2, -0.15) is 0 Å². The fourth-order valence-electron chi connectivity index (χ4n) is 1.25. The van der Waals surface area contributed by atoms with Gasteiger partial charge in [0.1, 0.15) is 11.6 Å². The third-order valence-corrected chi connectivity index (χ3v) is 2.20. The average molecular weight is 212 g/mol. The van der Waals surface area contributed by atoms with E-state index in [2.05, 4.69) is 0 Å². The molecule has 82 valence electrons. The summed E-state index contributed by atoms with van der Waals surface area (Å²) in [4.78, 5) is 10.6. The van der Waals surface area contributed by atoms with Crippen molar-refractivity contribution in [3.8, 4) is 5.75 Å². The van der Waals surface area contributed by atoms with E-state index >= 15 is 0 Å². The molecule has 0 fully saturated rings. The number of carboxylic acid groups (broad SMARTS) is 1. The van der Waals surface area contributed by atoms with Crippen LogP contribution in [-0.4, -0.2) is 18.2 Å². The van der Waals surface area contributed by atoms with E-state index in [1.54, 1.807) is 6.92 Å². The zero-order chi connectivity index (χ0) is 11.4. The molecule has 0 aromatic heterocycles. The highest BCUT2D eigenvalue weighted by Crippen LogP contribution is 2.19. The molecule has 0 aliphatic rings. The van der Waals surface area contributed by atoms with Gasteiger partial charge in [0.2, 0.25) is 0 Å². The Bertz CT molecular complexity index is 363. The van der Waals surface area contributed by atoms with E-state index in [1.165, 1.54) is 25.3 Å². The van der Waals surface area contributed by atoms with Gasteiger partial charge in [0.15, 0.2) is 0 Å². The fraction of sp³-hybridized carbons (Fsp3) is 0.364. The van der Waals surface area contributed by atoms with Gasteiger partial charge in [-0.3, -0.25) is 4.79 Å². The number of carbonyl (C=O) groups is 1. The second kappa shape index (κ2) is 4.77. The van der Waals surface area contributed by atoms with E-state index < -0.39 is 17.7 Å². The summed E-state index contributed by atoms with van der Waals surface area (Å²) in [6.07, 6.45) is 0.165. The molecule has 15 heavy (non-hydrogen) atoms.